The van der Waals surface area contributed by atoms with E-state index in [1.165, 1.54) is 6.92 Å². The molecule has 9 atom stereocenters. The third-order valence-electron chi connectivity index (χ3n) is 8.93. The summed E-state index contributed by atoms with van der Waals surface area (Å²) in [6.07, 6.45) is -1.67. The molecule has 7 heteroatoms. The predicted molar refractivity (Wildman–Crippen MR) is 96.0 cm³/mol. The van der Waals surface area contributed by atoms with Gasteiger partial charge in [0.1, 0.15) is 12.2 Å². The van der Waals surface area contributed by atoms with Gasteiger partial charge in [-0.1, -0.05) is 12.5 Å². The van der Waals surface area contributed by atoms with Gasteiger partial charge in [0.25, 0.3) is 0 Å². The number of allylic oxidation sites excluding steroid dienone is 1. The molecular formula is C21H28O7. The predicted octanol–water partition coefficient (Wildman–Crippen LogP) is 0.495. The van der Waals surface area contributed by atoms with Gasteiger partial charge >= 0.3 is 5.97 Å². The summed E-state index contributed by atoms with van der Waals surface area (Å²) >= 11 is 0. The van der Waals surface area contributed by atoms with Gasteiger partial charge in [-0.15, -0.1) is 0 Å². The van der Waals surface area contributed by atoms with Crippen LogP contribution in [-0.2, 0) is 19.1 Å². The Morgan fingerprint density at radius 1 is 1.25 bits per heavy atom. The van der Waals surface area contributed by atoms with Gasteiger partial charge in [-0.25, -0.2) is 0 Å². The van der Waals surface area contributed by atoms with E-state index < -0.39 is 63.9 Å². The molecule has 4 aliphatic carbocycles. The fraction of sp³-hybridized carbons (Fsp3) is 0.810. The number of ketones is 1. The van der Waals surface area contributed by atoms with E-state index in [9.17, 15) is 24.9 Å². The van der Waals surface area contributed by atoms with E-state index >= 15 is 0 Å². The molecule has 1 saturated heterocycles. The number of rotatable bonds is 1. The lowest BCUT2D eigenvalue weighted by atomic mass is 9.52. The Balaban J connectivity index is 1.78. The van der Waals surface area contributed by atoms with Crippen LogP contribution in [0.5, 0.6) is 0 Å². The lowest BCUT2D eigenvalue weighted by Crippen LogP contribution is -2.76. The second-order valence-electron chi connectivity index (χ2n) is 9.93. The molecule has 5 unspecified atom stereocenters. The van der Waals surface area contributed by atoms with Crippen LogP contribution < -0.4 is 0 Å². The topological polar surface area (TPSA) is 113 Å². The summed E-state index contributed by atoms with van der Waals surface area (Å²) in [7, 11) is 0. The molecule has 3 saturated carbocycles. The summed E-state index contributed by atoms with van der Waals surface area (Å²) in [5.41, 5.74) is -2.77. The molecule has 0 aromatic heterocycles. The Hall–Kier alpha value is -1.28. The molecule has 4 fully saturated rings. The van der Waals surface area contributed by atoms with Crippen LogP contribution >= 0.6 is 0 Å². The average molecular weight is 392 g/mol. The minimum absolute atomic E-state index is 0.133. The Morgan fingerprint density at radius 2 is 1.93 bits per heavy atom. The first-order chi connectivity index (χ1) is 13.0. The Bertz CT molecular complexity index is 835. The first-order valence-corrected chi connectivity index (χ1v) is 10.1. The van der Waals surface area contributed by atoms with E-state index in [0.29, 0.717) is 18.4 Å². The van der Waals surface area contributed by atoms with Crippen LogP contribution in [0.1, 0.15) is 47.0 Å². The van der Waals surface area contributed by atoms with Crippen molar-refractivity contribution < 1.29 is 34.4 Å². The van der Waals surface area contributed by atoms with Crippen LogP contribution in [0.2, 0.25) is 0 Å². The summed E-state index contributed by atoms with van der Waals surface area (Å²) in [4.78, 5) is 25.6. The number of ether oxygens (including phenoxy) is 2. The molecule has 0 aromatic rings. The number of Topliss-reactive ketones (excluding diaryl/α,β-unsaturated/α-hetero) is 1. The van der Waals surface area contributed by atoms with Crippen LogP contribution in [0.25, 0.3) is 0 Å². The molecule has 0 radical (unpaired) electrons. The molecule has 1 heterocycles. The summed E-state index contributed by atoms with van der Waals surface area (Å²) < 4.78 is 11.5. The monoisotopic (exact) mass is 392 g/mol. The minimum Gasteiger partial charge on any atom is -0.454 e. The zero-order valence-electron chi connectivity index (χ0n) is 16.7. The number of esters is 1. The second kappa shape index (κ2) is 5.06. The van der Waals surface area contributed by atoms with Crippen LogP contribution in [0.15, 0.2) is 11.1 Å². The van der Waals surface area contributed by atoms with Gasteiger partial charge < -0.3 is 24.8 Å². The summed E-state index contributed by atoms with van der Waals surface area (Å²) in [6.45, 7) is 6.92. The normalized spacial score (nSPS) is 56.7. The summed E-state index contributed by atoms with van der Waals surface area (Å²) in [6, 6.07) is 0. The maximum Gasteiger partial charge on any atom is 0.303 e. The zero-order valence-corrected chi connectivity index (χ0v) is 16.7. The van der Waals surface area contributed by atoms with E-state index in [0.717, 1.165) is 5.57 Å². The third kappa shape index (κ3) is 1.69. The molecule has 154 valence electrons. The van der Waals surface area contributed by atoms with Gasteiger partial charge in [0.15, 0.2) is 11.4 Å². The standard InChI is InChI=1S/C21H28O7/c1-9-5-6-21(26)16-15-18(3,17(25)14(24)13(9)19(16,21)4)11(23)7-12-20(15,8-27-12)28-10(2)22/h11-12,14-16,23-24,26H,5-8H2,1-4H3/t11-,12?,14+,15?,16?,18+,19+,20?,21?/m0/s1. The molecular weight excluding hydrogens is 364 g/mol. The van der Waals surface area contributed by atoms with Gasteiger partial charge in [-0.3, -0.25) is 9.59 Å². The molecule has 5 rings (SSSR count). The first kappa shape index (κ1) is 18.7. The fourth-order valence-corrected chi connectivity index (χ4v) is 7.49. The van der Waals surface area contributed by atoms with E-state index in [1.54, 1.807) is 6.92 Å². The fourth-order valence-electron chi connectivity index (χ4n) is 7.49. The number of aliphatic hydroxyl groups is 3. The van der Waals surface area contributed by atoms with Crippen molar-refractivity contribution in [3.05, 3.63) is 11.1 Å². The van der Waals surface area contributed by atoms with Crippen molar-refractivity contribution >= 4 is 11.8 Å². The van der Waals surface area contributed by atoms with Gasteiger partial charge in [0, 0.05) is 30.6 Å². The Morgan fingerprint density at radius 3 is 2.50 bits per heavy atom. The van der Waals surface area contributed by atoms with E-state index in [4.69, 9.17) is 9.47 Å². The van der Waals surface area contributed by atoms with Crippen molar-refractivity contribution in [2.24, 2.45) is 22.7 Å². The smallest absolute Gasteiger partial charge is 0.303 e. The number of fused-ring (bicyclic) bond motifs is 5. The Labute approximate surface area is 163 Å². The van der Waals surface area contributed by atoms with Crippen molar-refractivity contribution in [1.29, 1.82) is 0 Å². The van der Waals surface area contributed by atoms with Gasteiger partial charge in [0.2, 0.25) is 0 Å². The highest BCUT2D eigenvalue weighted by molar-refractivity contribution is 5.94. The van der Waals surface area contributed by atoms with Gasteiger partial charge in [-0.05, 0) is 32.3 Å². The van der Waals surface area contributed by atoms with Crippen molar-refractivity contribution in [2.75, 3.05) is 6.61 Å². The van der Waals surface area contributed by atoms with Gasteiger partial charge in [0.05, 0.1) is 23.7 Å². The van der Waals surface area contributed by atoms with Crippen LogP contribution in [-0.4, -0.2) is 63.2 Å². The van der Waals surface area contributed by atoms with Crippen LogP contribution in [0.3, 0.4) is 0 Å². The molecule has 0 aromatic carbocycles. The number of hydrogen-bond donors (Lipinski definition) is 3. The SMILES string of the molecule is CC(=O)OC12COC1C[C@H](O)[C@@]1(C)C(=O)[C@H](O)C3=C(C)CCC4(O)C(C21)[C@@]34C. The lowest BCUT2D eigenvalue weighted by Gasteiger charge is -2.62. The highest BCUT2D eigenvalue weighted by Crippen LogP contribution is 2.80. The van der Waals surface area contributed by atoms with Crippen molar-refractivity contribution in [1.82, 2.24) is 0 Å². The second-order valence-corrected chi connectivity index (χ2v) is 9.93. The summed E-state index contributed by atoms with van der Waals surface area (Å²) in [5.74, 6) is -1.96. The molecule has 1 aliphatic heterocycles. The average Bonchev–Trinajstić information content (AvgIpc) is 3.12. The maximum absolute atomic E-state index is 13.6. The van der Waals surface area contributed by atoms with Crippen LogP contribution in [0.4, 0.5) is 0 Å². The lowest BCUT2D eigenvalue weighted by molar-refractivity contribution is -0.323. The van der Waals surface area contributed by atoms with Crippen LogP contribution in [0, 0.1) is 22.7 Å². The van der Waals surface area contributed by atoms with E-state index in [2.05, 4.69) is 0 Å². The molecule has 7 nitrogen and oxygen atoms in total. The molecule has 0 bridgehead atoms. The van der Waals surface area contributed by atoms with Crippen molar-refractivity contribution in [3.63, 3.8) is 0 Å². The van der Waals surface area contributed by atoms with E-state index in [-0.39, 0.29) is 13.0 Å². The number of carbonyl (C=O) groups is 2. The van der Waals surface area contributed by atoms with Gasteiger partial charge in [-0.2, -0.15) is 0 Å². The van der Waals surface area contributed by atoms with Crippen molar-refractivity contribution in [2.45, 2.75) is 76.5 Å². The summed E-state index contributed by atoms with van der Waals surface area (Å²) in [5, 5.41) is 33.8. The van der Waals surface area contributed by atoms with E-state index in [1.807, 2.05) is 13.8 Å². The quantitative estimate of drug-likeness (QED) is 0.440. The molecule has 28 heavy (non-hydrogen) atoms. The number of aliphatic hydroxyl groups excluding tert-OH is 2. The molecule has 3 N–H and O–H groups in total. The molecule has 0 amide bonds. The maximum atomic E-state index is 13.6. The van der Waals surface area contributed by atoms with Crippen molar-refractivity contribution in [3.8, 4) is 0 Å². The molecule has 5 aliphatic rings. The third-order valence-corrected chi connectivity index (χ3v) is 8.93. The first-order valence-electron chi connectivity index (χ1n) is 10.1. The molecule has 0 spiro atoms. The largest absolute Gasteiger partial charge is 0.454 e. The zero-order chi connectivity index (χ0) is 20.4. The highest BCUT2D eigenvalue weighted by Gasteiger charge is 2.87. The highest BCUT2D eigenvalue weighted by atomic mass is 16.6. The number of hydrogen-bond acceptors (Lipinski definition) is 7. The minimum atomic E-state index is -1.38. The Kier molecular flexibility index (Phi) is 3.39. The number of carbonyl (C=O) groups excluding carboxylic acids is 2.